The molecule has 1 fully saturated rings. The number of ether oxygens (including phenoxy) is 1. The van der Waals surface area contributed by atoms with Crippen LogP contribution < -0.4 is 5.32 Å². The first kappa shape index (κ1) is 21.4. The highest BCUT2D eigenvalue weighted by atomic mass is 32.2. The normalized spacial score (nSPS) is 17.2. The molecule has 0 radical (unpaired) electrons. The summed E-state index contributed by atoms with van der Waals surface area (Å²) >= 11 is 0. The van der Waals surface area contributed by atoms with E-state index in [9.17, 15) is 18.0 Å². The fourth-order valence-electron chi connectivity index (χ4n) is 2.90. The number of carbonyl (C=O) groups is 2. The van der Waals surface area contributed by atoms with Gasteiger partial charge in [-0.2, -0.15) is 4.31 Å². The van der Waals surface area contributed by atoms with Gasteiger partial charge in [0.25, 0.3) is 5.91 Å². The zero-order valence-electron chi connectivity index (χ0n) is 16.1. The highest BCUT2D eigenvalue weighted by molar-refractivity contribution is 7.89. The molecule has 0 aliphatic carbocycles. The lowest BCUT2D eigenvalue weighted by molar-refractivity contribution is -0.129. The third-order valence-corrected chi connectivity index (χ3v) is 6.25. The van der Waals surface area contributed by atoms with Crippen LogP contribution in [0.3, 0.4) is 0 Å². The summed E-state index contributed by atoms with van der Waals surface area (Å²) < 4.78 is 32.4. The summed E-state index contributed by atoms with van der Waals surface area (Å²) in [5.41, 5.74) is 0.107. The summed E-state index contributed by atoms with van der Waals surface area (Å²) in [6, 6.07) is 5.72. The molecule has 1 aliphatic heterocycles. The molecule has 8 heteroatoms. The van der Waals surface area contributed by atoms with Crippen LogP contribution in [-0.4, -0.2) is 49.8 Å². The second-order valence-corrected chi connectivity index (χ2v) is 8.99. The molecule has 2 rings (SSSR count). The van der Waals surface area contributed by atoms with Gasteiger partial charge in [-0.15, -0.1) is 0 Å². The first-order valence-electron chi connectivity index (χ1n) is 9.33. The number of amides is 1. The largest absolute Gasteiger partial charge is 0.449 e. The first-order chi connectivity index (χ1) is 12.7. The minimum Gasteiger partial charge on any atom is -0.449 e. The van der Waals surface area contributed by atoms with E-state index in [4.69, 9.17) is 4.74 Å². The highest BCUT2D eigenvalue weighted by Crippen LogP contribution is 2.21. The molecular formula is C19H28N2O5S. The summed E-state index contributed by atoms with van der Waals surface area (Å²) in [5, 5.41) is 2.67. The van der Waals surface area contributed by atoms with E-state index >= 15 is 0 Å². The summed E-state index contributed by atoms with van der Waals surface area (Å²) in [6.07, 6.45) is 2.75. The number of hydrogen-bond donors (Lipinski definition) is 1. The maximum Gasteiger partial charge on any atom is 0.338 e. The van der Waals surface area contributed by atoms with Gasteiger partial charge in [-0.1, -0.05) is 18.9 Å². The van der Waals surface area contributed by atoms with Crippen molar-refractivity contribution in [3.8, 4) is 0 Å². The molecule has 150 valence electrons. The molecule has 1 aromatic carbocycles. The Kier molecular flexibility index (Phi) is 7.38. The van der Waals surface area contributed by atoms with Gasteiger partial charge in [-0.25, -0.2) is 13.2 Å². The second kappa shape index (κ2) is 9.32. The molecule has 27 heavy (non-hydrogen) atoms. The van der Waals surface area contributed by atoms with Crippen molar-refractivity contribution in [2.75, 3.05) is 13.1 Å². The van der Waals surface area contributed by atoms with Crippen LogP contribution in [0.4, 0.5) is 0 Å². The molecule has 1 atom stereocenters. The van der Waals surface area contributed by atoms with E-state index < -0.39 is 28.0 Å². The van der Waals surface area contributed by atoms with Gasteiger partial charge in [-0.3, -0.25) is 4.79 Å². The van der Waals surface area contributed by atoms with Crippen molar-refractivity contribution in [1.29, 1.82) is 0 Å². The monoisotopic (exact) mass is 396 g/mol. The van der Waals surface area contributed by atoms with Crippen molar-refractivity contribution < 1.29 is 22.7 Å². The van der Waals surface area contributed by atoms with Crippen LogP contribution in [-0.2, 0) is 19.6 Å². The average molecular weight is 397 g/mol. The van der Waals surface area contributed by atoms with Gasteiger partial charge in [0.15, 0.2) is 6.10 Å². The predicted molar refractivity (Wildman–Crippen MR) is 102 cm³/mol. The van der Waals surface area contributed by atoms with Gasteiger partial charge in [-0.05, 0) is 51.8 Å². The molecule has 1 amide bonds. The van der Waals surface area contributed by atoms with Crippen LogP contribution >= 0.6 is 0 Å². The Morgan fingerprint density at radius 2 is 1.70 bits per heavy atom. The Morgan fingerprint density at radius 1 is 1.07 bits per heavy atom. The Morgan fingerprint density at radius 3 is 2.30 bits per heavy atom. The van der Waals surface area contributed by atoms with Crippen molar-refractivity contribution >= 4 is 21.9 Å². The summed E-state index contributed by atoms with van der Waals surface area (Å²) in [5.74, 6) is -1.12. The molecule has 1 N–H and O–H groups in total. The molecule has 1 aliphatic rings. The molecule has 1 heterocycles. The SMILES string of the molecule is CC(C)NC(=O)C(C)OC(=O)c1cccc(S(=O)(=O)N2CCCCCC2)c1. The molecule has 0 saturated carbocycles. The number of esters is 1. The van der Waals surface area contributed by atoms with Crippen LogP contribution in [0.1, 0.15) is 56.8 Å². The van der Waals surface area contributed by atoms with Crippen molar-refractivity contribution in [1.82, 2.24) is 9.62 Å². The molecule has 1 aromatic rings. The third-order valence-electron chi connectivity index (χ3n) is 4.36. The van der Waals surface area contributed by atoms with E-state index in [1.165, 1.54) is 35.5 Å². The molecule has 0 bridgehead atoms. The van der Waals surface area contributed by atoms with E-state index in [-0.39, 0.29) is 16.5 Å². The van der Waals surface area contributed by atoms with Gasteiger partial charge >= 0.3 is 5.97 Å². The van der Waals surface area contributed by atoms with Crippen LogP contribution in [0.25, 0.3) is 0 Å². The summed E-state index contributed by atoms with van der Waals surface area (Å²) in [6.45, 7) is 6.08. The number of nitrogens with zero attached hydrogens (tertiary/aromatic N) is 1. The van der Waals surface area contributed by atoms with E-state index in [0.717, 1.165) is 25.7 Å². The van der Waals surface area contributed by atoms with E-state index in [1.807, 2.05) is 13.8 Å². The Balaban J connectivity index is 2.14. The number of nitrogens with one attached hydrogen (secondary N) is 1. The van der Waals surface area contributed by atoms with Crippen LogP contribution in [0.15, 0.2) is 29.2 Å². The average Bonchev–Trinajstić information content (AvgIpc) is 2.91. The fraction of sp³-hybridized carbons (Fsp3) is 0.579. The molecule has 0 spiro atoms. The Labute approximate surface area is 161 Å². The fourth-order valence-corrected chi connectivity index (χ4v) is 4.46. The van der Waals surface area contributed by atoms with E-state index in [0.29, 0.717) is 13.1 Å². The quantitative estimate of drug-likeness (QED) is 0.745. The lowest BCUT2D eigenvalue weighted by Gasteiger charge is -2.20. The topological polar surface area (TPSA) is 92.8 Å². The minimum atomic E-state index is -3.66. The number of hydrogen-bond acceptors (Lipinski definition) is 5. The standard InChI is InChI=1S/C19H28N2O5S/c1-14(2)20-18(22)15(3)26-19(23)16-9-8-10-17(13-16)27(24,25)21-11-6-4-5-7-12-21/h8-10,13-15H,4-7,11-12H2,1-3H3,(H,20,22). The molecule has 1 saturated heterocycles. The highest BCUT2D eigenvalue weighted by Gasteiger charge is 2.26. The minimum absolute atomic E-state index is 0.0677. The lowest BCUT2D eigenvalue weighted by atomic mass is 10.2. The zero-order chi connectivity index (χ0) is 20.0. The predicted octanol–water partition coefficient (Wildman–Crippen LogP) is 2.32. The van der Waals surface area contributed by atoms with Crippen LogP contribution in [0.2, 0.25) is 0 Å². The lowest BCUT2D eigenvalue weighted by Crippen LogP contribution is -2.39. The molecule has 0 aromatic heterocycles. The summed E-state index contributed by atoms with van der Waals surface area (Å²) in [7, 11) is -3.66. The first-order valence-corrected chi connectivity index (χ1v) is 10.8. The van der Waals surface area contributed by atoms with Gasteiger partial charge < -0.3 is 10.1 Å². The van der Waals surface area contributed by atoms with Crippen LogP contribution in [0.5, 0.6) is 0 Å². The van der Waals surface area contributed by atoms with Gasteiger partial charge in [0.2, 0.25) is 10.0 Å². The van der Waals surface area contributed by atoms with E-state index in [2.05, 4.69) is 5.32 Å². The van der Waals surface area contributed by atoms with Crippen molar-refractivity contribution in [2.24, 2.45) is 0 Å². The van der Waals surface area contributed by atoms with Crippen molar-refractivity contribution in [3.63, 3.8) is 0 Å². The zero-order valence-corrected chi connectivity index (χ0v) is 16.9. The molecular weight excluding hydrogens is 368 g/mol. The number of benzene rings is 1. The Hall–Kier alpha value is -1.93. The number of carbonyl (C=O) groups excluding carboxylic acids is 2. The van der Waals surface area contributed by atoms with Gasteiger partial charge in [0, 0.05) is 19.1 Å². The van der Waals surface area contributed by atoms with Crippen LogP contribution in [0, 0.1) is 0 Å². The molecule has 1 unspecified atom stereocenters. The Bertz CT molecular complexity index is 768. The number of sulfonamides is 1. The molecule has 7 nitrogen and oxygen atoms in total. The number of rotatable bonds is 6. The van der Waals surface area contributed by atoms with Crippen molar-refractivity contribution in [2.45, 2.75) is 63.5 Å². The summed E-state index contributed by atoms with van der Waals surface area (Å²) in [4.78, 5) is 24.3. The van der Waals surface area contributed by atoms with Gasteiger partial charge in [0.05, 0.1) is 10.5 Å². The smallest absolute Gasteiger partial charge is 0.338 e. The maximum absolute atomic E-state index is 12.9. The van der Waals surface area contributed by atoms with Crippen molar-refractivity contribution in [3.05, 3.63) is 29.8 Å². The van der Waals surface area contributed by atoms with E-state index in [1.54, 1.807) is 0 Å². The van der Waals surface area contributed by atoms with Gasteiger partial charge in [0.1, 0.15) is 0 Å². The second-order valence-electron chi connectivity index (χ2n) is 7.06. The third kappa shape index (κ3) is 5.77. The maximum atomic E-state index is 12.9.